The summed E-state index contributed by atoms with van der Waals surface area (Å²) >= 11 is 1.51. The highest BCUT2D eigenvalue weighted by Gasteiger charge is 2.38. The molecule has 2 aromatic carbocycles. The Balaban J connectivity index is 1.65. The molecule has 2 fully saturated rings. The number of thioether (sulfide) groups is 1. The van der Waals surface area contributed by atoms with Gasteiger partial charge in [0.1, 0.15) is 0 Å². The number of carbonyl (C=O) groups is 1. The topological polar surface area (TPSA) is 32.7 Å². The van der Waals surface area contributed by atoms with E-state index in [2.05, 4.69) is 64.1 Å². The molecule has 0 unspecified atom stereocenters. The molecule has 0 atom stereocenters. The molecule has 1 heterocycles. The summed E-state index contributed by atoms with van der Waals surface area (Å²) in [5.74, 6) is 0.0997. The highest BCUT2D eigenvalue weighted by molar-refractivity contribution is 8.18. The van der Waals surface area contributed by atoms with Crippen molar-refractivity contribution in [3.8, 4) is 0 Å². The molecular formula is C27H32N2OS. The lowest BCUT2D eigenvalue weighted by Crippen LogP contribution is -2.40. The molecule has 162 valence electrons. The van der Waals surface area contributed by atoms with E-state index in [1.165, 1.54) is 42.2 Å². The van der Waals surface area contributed by atoms with Crippen LogP contribution in [-0.4, -0.2) is 22.0 Å². The highest BCUT2D eigenvalue weighted by atomic mass is 32.2. The van der Waals surface area contributed by atoms with Crippen LogP contribution in [0.3, 0.4) is 0 Å². The fourth-order valence-electron chi connectivity index (χ4n) is 4.19. The van der Waals surface area contributed by atoms with E-state index in [0.29, 0.717) is 0 Å². The number of hydrogen-bond acceptors (Lipinski definition) is 3. The highest BCUT2D eigenvalue weighted by Crippen LogP contribution is 2.38. The summed E-state index contributed by atoms with van der Waals surface area (Å²) < 4.78 is 0. The number of nitrogens with zero attached hydrogens (tertiary/aromatic N) is 2. The van der Waals surface area contributed by atoms with Crippen LogP contribution in [0.15, 0.2) is 58.4 Å². The summed E-state index contributed by atoms with van der Waals surface area (Å²) in [4.78, 5) is 21.1. The molecule has 2 aromatic rings. The van der Waals surface area contributed by atoms with Crippen LogP contribution in [0.25, 0.3) is 6.08 Å². The standard InChI is InChI=1S/C27H32N2OS/c1-19-10-16-22(17-11-19)28-26-29(23-8-6-5-7-9-23)25(30)24(31-26)18-20-12-14-21(15-13-20)27(2,3)4/h10-18,23H,5-9H2,1-4H3/b24-18+,28-26?. The maximum absolute atomic E-state index is 13.4. The first-order valence-electron chi connectivity index (χ1n) is 11.3. The van der Waals surface area contributed by atoms with Crippen LogP contribution in [0.1, 0.15) is 69.6 Å². The number of amidine groups is 1. The van der Waals surface area contributed by atoms with Gasteiger partial charge in [0.25, 0.3) is 5.91 Å². The summed E-state index contributed by atoms with van der Waals surface area (Å²) in [5, 5.41) is 0.818. The zero-order valence-corrected chi connectivity index (χ0v) is 19.8. The van der Waals surface area contributed by atoms with Gasteiger partial charge in [-0.1, -0.05) is 82.0 Å². The molecule has 4 rings (SSSR count). The van der Waals surface area contributed by atoms with Gasteiger partial charge in [0, 0.05) is 6.04 Å². The third kappa shape index (κ3) is 5.12. The van der Waals surface area contributed by atoms with Gasteiger partial charge >= 0.3 is 0 Å². The average Bonchev–Trinajstić information content (AvgIpc) is 3.05. The van der Waals surface area contributed by atoms with Crippen molar-refractivity contribution >= 4 is 34.6 Å². The summed E-state index contributed by atoms with van der Waals surface area (Å²) in [6.45, 7) is 8.72. The van der Waals surface area contributed by atoms with E-state index in [4.69, 9.17) is 4.99 Å². The van der Waals surface area contributed by atoms with Crippen LogP contribution >= 0.6 is 11.8 Å². The van der Waals surface area contributed by atoms with Crippen LogP contribution in [-0.2, 0) is 10.2 Å². The molecular weight excluding hydrogens is 400 g/mol. The second-order valence-corrected chi connectivity index (χ2v) is 10.7. The van der Waals surface area contributed by atoms with Crippen molar-refractivity contribution in [3.63, 3.8) is 0 Å². The molecule has 31 heavy (non-hydrogen) atoms. The third-order valence-electron chi connectivity index (χ3n) is 6.11. The summed E-state index contributed by atoms with van der Waals surface area (Å²) in [7, 11) is 0. The molecule has 1 saturated heterocycles. The van der Waals surface area contributed by atoms with E-state index in [9.17, 15) is 4.79 Å². The number of hydrogen-bond donors (Lipinski definition) is 0. The minimum absolute atomic E-state index is 0.0997. The van der Waals surface area contributed by atoms with Crippen molar-refractivity contribution in [2.75, 3.05) is 0 Å². The van der Waals surface area contributed by atoms with Crippen LogP contribution < -0.4 is 0 Å². The molecule has 2 aliphatic rings. The van der Waals surface area contributed by atoms with E-state index in [-0.39, 0.29) is 17.4 Å². The Morgan fingerprint density at radius 1 is 0.968 bits per heavy atom. The Hall–Kier alpha value is -2.33. The summed E-state index contributed by atoms with van der Waals surface area (Å²) in [6.07, 6.45) is 7.78. The minimum atomic E-state index is 0.0997. The van der Waals surface area contributed by atoms with Gasteiger partial charge in [-0.05, 0) is 66.3 Å². The quantitative estimate of drug-likeness (QED) is 0.479. The molecule has 0 aromatic heterocycles. The van der Waals surface area contributed by atoms with Crippen molar-refractivity contribution in [1.29, 1.82) is 0 Å². The first kappa shape index (κ1) is 21.9. The van der Waals surface area contributed by atoms with E-state index in [1.54, 1.807) is 0 Å². The number of rotatable bonds is 3. The van der Waals surface area contributed by atoms with Crippen LogP contribution in [0.4, 0.5) is 5.69 Å². The molecule has 1 aliphatic heterocycles. The van der Waals surface area contributed by atoms with Gasteiger partial charge in [0.15, 0.2) is 5.17 Å². The van der Waals surface area contributed by atoms with E-state index in [1.807, 2.05) is 23.1 Å². The van der Waals surface area contributed by atoms with Crippen LogP contribution in [0.2, 0.25) is 0 Å². The van der Waals surface area contributed by atoms with Gasteiger partial charge in [-0.2, -0.15) is 0 Å². The van der Waals surface area contributed by atoms with Gasteiger partial charge in [-0.3, -0.25) is 9.69 Å². The Labute approximate surface area is 190 Å². The second-order valence-electron chi connectivity index (χ2n) is 9.68. The maximum atomic E-state index is 13.4. The minimum Gasteiger partial charge on any atom is -0.283 e. The SMILES string of the molecule is Cc1ccc(N=C2S/C(=C/c3ccc(C(C)(C)C)cc3)C(=O)N2C2CCCCC2)cc1. The largest absolute Gasteiger partial charge is 0.283 e. The number of benzene rings is 2. The van der Waals surface area contributed by atoms with Crippen molar-refractivity contribution in [2.24, 2.45) is 4.99 Å². The number of amides is 1. The normalized spacial score (nSPS) is 20.8. The smallest absolute Gasteiger partial charge is 0.267 e. The lowest BCUT2D eigenvalue weighted by molar-refractivity contribution is -0.124. The van der Waals surface area contributed by atoms with Gasteiger partial charge in [0.05, 0.1) is 10.6 Å². The van der Waals surface area contributed by atoms with Crippen molar-refractivity contribution in [3.05, 3.63) is 70.1 Å². The first-order valence-corrected chi connectivity index (χ1v) is 12.1. The van der Waals surface area contributed by atoms with E-state index >= 15 is 0 Å². The number of carbonyl (C=O) groups excluding carboxylic acids is 1. The molecule has 1 saturated carbocycles. The Kier molecular flexibility index (Phi) is 6.38. The average molecular weight is 433 g/mol. The van der Waals surface area contributed by atoms with Crippen molar-refractivity contribution in [1.82, 2.24) is 4.90 Å². The van der Waals surface area contributed by atoms with Crippen LogP contribution in [0, 0.1) is 6.92 Å². The van der Waals surface area contributed by atoms with Gasteiger partial charge < -0.3 is 0 Å². The monoisotopic (exact) mass is 432 g/mol. The Morgan fingerprint density at radius 3 is 2.23 bits per heavy atom. The molecule has 0 bridgehead atoms. The molecule has 0 radical (unpaired) electrons. The lowest BCUT2D eigenvalue weighted by Gasteiger charge is -2.30. The number of aryl methyl sites for hydroxylation is 1. The van der Waals surface area contributed by atoms with Gasteiger partial charge in [-0.25, -0.2) is 4.99 Å². The summed E-state index contributed by atoms with van der Waals surface area (Å²) in [5.41, 5.74) is 4.59. The lowest BCUT2D eigenvalue weighted by atomic mass is 9.87. The zero-order valence-electron chi connectivity index (χ0n) is 19.0. The predicted molar refractivity (Wildman–Crippen MR) is 133 cm³/mol. The van der Waals surface area contributed by atoms with Gasteiger partial charge in [0.2, 0.25) is 0 Å². The Morgan fingerprint density at radius 2 is 1.61 bits per heavy atom. The molecule has 0 spiro atoms. The van der Waals surface area contributed by atoms with E-state index in [0.717, 1.165) is 34.2 Å². The molecule has 0 N–H and O–H groups in total. The predicted octanol–water partition coefficient (Wildman–Crippen LogP) is 7.23. The third-order valence-corrected chi connectivity index (χ3v) is 7.09. The van der Waals surface area contributed by atoms with Crippen LogP contribution in [0.5, 0.6) is 0 Å². The molecule has 1 aliphatic carbocycles. The maximum Gasteiger partial charge on any atom is 0.267 e. The molecule has 3 nitrogen and oxygen atoms in total. The summed E-state index contributed by atoms with van der Waals surface area (Å²) in [6, 6.07) is 17.0. The number of aliphatic imine (C=N–C) groups is 1. The van der Waals surface area contributed by atoms with E-state index < -0.39 is 0 Å². The molecule has 1 amide bonds. The second kappa shape index (κ2) is 9.04. The van der Waals surface area contributed by atoms with Crippen molar-refractivity contribution < 1.29 is 4.79 Å². The van der Waals surface area contributed by atoms with Gasteiger partial charge in [-0.15, -0.1) is 0 Å². The fourth-order valence-corrected chi connectivity index (χ4v) is 5.25. The van der Waals surface area contributed by atoms with Crippen molar-refractivity contribution in [2.45, 2.75) is 71.3 Å². The fraction of sp³-hybridized carbons (Fsp3) is 0.407. The molecule has 4 heteroatoms. The Bertz CT molecular complexity index is 991. The zero-order chi connectivity index (χ0) is 22.0. The first-order chi connectivity index (χ1) is 14.8.